The van der Waals surface area contributed by atoms with Gasteiger partial charge >= 0.3 is 0 Å². The van der Waals surface area contributed by atoms with Crippen LogP contribution in [-0.4, -0.2) is 4.98 Å². The van der Waals surface area contributed by atoms with Gasteiger partial charge in [0.2, 0.25) is 0 Å². The molecule has 1 aliphatic carbocycles. The van der Waals surface area contributed by atoms with Gasteiger partial charge < -0.3 is 5.73 Å². The topological polar surface area (TPSA) is 62.7 Å². The van der Waals surface area contributed by atoms with E-state index < -0.39 is 0 Å². The molecular weight excluding hydrogens is 278 g/mol. The molecule has 0 aromatic carbocycles. The lowest BCUT2D eigenvalue weighted by atomic mass is 9.69. The third kappa shape index (κ3) is 2.30. The van der Waals surface area contributed by atoms with Gasteiger partial charge in [0.25, 0.3) is 0 Å². The highest BCUT2D eigenvalue weighted by molar-refractivity contribution is 7.19. The number of aryl methyl sites for hydroxylation is 1. The molecule has 1 atom stereocenters. The van der Waals surface area contributed by atoms with E-state index in [0.717, 1.165) is 23.1 Å². The van der Waals surface area contributed by atoms with Gasteiger partial charge in [0.1, 0.15) is 15.8 Å². The highest BCUT2D eigenvalue weighted by Gasteiger charge is 2.32. The minimum Gasteiger partial charge on any atom is -0.396 e. The average Bonchev–Trinajstić information content (AvgIpc) is 2.80. The minimum atomic E-state index is 0.366. The second-order valence-electron chi connectivity index (χ2n) is 6.69. The average molecular weight is 299 g/mol. The van der Waals surface area contributed by atoms with Crippen molar-refractivity contribution in [3.63, 3.8) is 0 Å². The van der Waals surface area contributed by atoms with Gasteiger partial charge in [-0.05, 0) is 42.2 Å². The van der Waals surface area contributed by atoms with Gasteiger partial charge in [-0.15, -0.1) is 11.3 Å². The van der Waals surface area contributed by atoms with E-state index in [1.165, 1.54) is 35.4 Å². The number of hydrogen-bond donors (Lipinski definition) is 1. The zero-order valence-corrected chi connectivity index (χ0v) is 13.7. The van der Waals surface area contributed by atoms with Crippen molar-refractivity contribution in [2.24, 2.45) is 11.3 Å². The third-order valence-electron chi connectivity index (χ3n) is 5.20. The number of nitrogen functional groups attached to an aromatic ring is 1. The Morgan fingerprint density at radius 2 is 2.29 bits per heavy atom. The lowest BCUT2D eigenvalue weighted by Gasteiger charge is -2.36. The summed E-state index contributed by atoms with van der Waals surface area (Å²) in [6.45, 7) is 7.00. The van der Waals surface area contributed by atoms with Gasteiger partial charge in [-0.3, -0.25) is 0 Å². The van der Waals surface area contributed by atoms with Crippen LogP contribution in [0.5, 0.6) is 0 Å². The minimum absolute atomic E-state index is 0.366. The summed E-state index contributed by atoms with van der Waals surface area (Å²) in [5, 5.41) is 10.1. The normalized spacial score (nSPS) is 18.5. The Kier molecular flexibility index (Phi) is 3.41. The van der Waals surface area contributed by atoms with Crippen LogP contribution < -0.4 is 5.73 Å². The van der Waals surface area contributed by atoms with E-state index in [2.05, 4.69) is 32.9 Å². The van der Waals surface area contributed by atoms with Crippen molar-refractivity contribution in [3.05, 3.63) is 22.2 Å². The zero-order valence-electron chi connectivity index (χ0n) is 12.9. The monoisotopic (exact) mass is 299 g/mol. The molecule has 1 unspecified atom stereocenters. The molecule has 110 valence electrons. The summed E-state index contributed by atoms with van der Waals surface area (Å²) in [5.74, 6) is 0.699. The molecule has 0 amide bonds. The summed E-state index contributed by atoms with van der Waals surface area (Å²) < 4.78 is 0. The van der Waals surface area contributed by atoms with E-state index in [0.29, 0.717) is 21.9 Å². The molecule has 3 nitrogen and oxygen atoms in total. The molecule has 2 N–H and O–H groups in total. The van der Waals surface area contributed by atoms with Crippen LogP contribution in [0.2, 0.25) is 0 Å². The van der Waals surface area contributed by atoms with Crippen molar-refractivity contribution in [3.8, 4) is 6.07 Å². The van der Waals surface area contributed by atoms with E-state index in [4.69, 9.17) is 16.0 Å². The van der Waals surface area contributed by atoms with Crippen molar-refractivity contribution in [2.45, 2.75) is 46.5 Å². The van der Waals surface area contributed by atoms with E-state index >= 15 is 0 Å². The van der Waals surface area contributed by atoms with Crippen molar-refractivity contribution < 1.29 is 0 Å². The summed E-state index contributed by atoms with van der Waals surface area (Å²) in [6, 6.07) is 4.35. The largest absolute Gasteiger partial charge is 0.396 e. The number of rotatable bonds is 2. The van der Waals surface area contributed by atoms with E-state index in [1.54, 1.807) is 0 Å². The summed E-state index contributed by atoms with van der Waals surface area (Å²) in [4.78, 5) is 6.28. The molecule has 2 aromatic rings. The summed E-state index contributed by atoms with van der Waals surface area (Å²) in [6.07, 6.45) is 4.52. The SMILES string of the molecule is CCC(C)(C)C1CCc2nc3sc(C#N)c(N)c3cc2C1. The summed E-state index contributed by atoms with van der Waals surface area (Å²) >= 11 is 1.41. The lowest BCUT2D eigenvalue weighted by Crippen LogP contribution is -2.29. The molecular formula is C17H21N3S. The number of nitriles is 1. The molecule has 0 bridgehead atoms. The first-order valence-corrected chi connectivity index (χ1v) is 8.38. The first-order valence-electron chi connectivity index (χ1n) is 7.57. The lowest BCUT2D eigenvalue weighted by molar-refractivity contribution is 0.182. The second kappa shape index (κ2) is 4.99. The maximum absolute atomic E-state index is 9.12. The predicted molar refractivity (Wildman–Crippen MR) is 88.3 cm³/mol. The molecule has 0 aliphatic heterocycles. The standard InChI is InChI=1S/C17H21N3S/c1-4-17(2,3)11-5-6-13-10(7-11)8-12-15(19)14(9-18)21-16(12)20-13/h8,11H,4-7,19H2,1-3H3. The Bertz CT molecular complexity index is 737. The van der Waals surface area contributed by atoms with E-state index in [9.17, 15) is 0 Å². The fraction of sp³-hybridized carbons (Fsp3) is 0.529. The van der Waals surface area contributed by atoms with Crippen LogP contribution in [0.25, 0.3) is 10.2 Å². The molecule has 1 aliphatic rings. The fourth-order valence-corrected chi connectivity index (χ4v) is 4.12. The van der Waals surface area contributed by atoms with Crippen LogP contribution in [-0.2, 0) is 12.8 Å². The van der Waals surface area contributed by atoms with Crippen molar-refractivity contribution >= 4 is 27.2 Å². The van der Waals surface area contributed by atoms with Crippen LogP contribution in [0.4, 0.5) is 5.69 Å². The van der Waals surface area contributed by atoms with Crippen molar-refractivity contribution in [1.29, 1.82) is 5.26 Å². The third-order valence-corrected chi connectivity index (χ3v) is 6.22. The maximum atomic E-state index is 9.12. The van der Waals surface area contributed by atoms with Gasteiger partial charge in [-0.25, -0.2) is 4.98 Å². The van der Waals surface area contributed by atoms with Crippen LogP contribution >= 0.6 is 11.3 Å². The molecule has 2 heterocycles. The Labute approximate surface area is 129 Å². The van der Waals surface area contributed by atoms with Gasteiger partial charge in [0, 0.05) is 11.1 Å². The van der Waals surface area contributed by atoms with E-state index in [-0.39, 0.29) is 0 Å². The highest BCUT2D eigenvalue weighted by atomic mass is 32.1. The number of thiophene rings is 1. The van der Waals surface area contributed by atoms with E-state index in [1.807, 2.05) is 0 Å². The van der Waals surface area contributed by atoms with Crippen LogP contribution in [0.3, 0.4) is 0 Å². The van der Waals surface area contributed by atoms with Crippen LogP contribution in [0, 0.1) is 22.7 Å². The summed E-state index contributed by atoms with van der Waals surface area (Å²) in [5.41, 5.74) is 9.58. The quantitative estimate of drug-likeness (QED) is 0.899. The molecule has 0 fully saturated rings. The number of nitrogens with zero attached hydrogens (tertiary/aromatic N) is 2. The smallest absolute Gasteiger partial charge is 0.130 e. The van der Waals surface area contributed by atoms with Crippen LogP contribution in [0.1, 0.15) is 49.7 Å². The van der Waals surface area contributed by atoms with Gasteiger partial charge in [-0.2, -0.15) is 5.26 Å². The molecule has 4 heteroatoms. The number of nitrogens with two attached hydrogens (primary N) is 1. The van der Waals surface area contributed by atoms with Crippen molar-refractivity contribution in [2.75, 3.05) is 5.73 Å². The zero-order chi connectivity index (χ0) is 15.2. The predicted octanol–water partition coefficient (Wildman–Crippen LogP) is 4.29. The summed E-state index contributed by atoms with van der Waals surface area (Å²) in [7, 11) is 0. The van der Waals surface area contributed by atoms with Crippen molar-refractivity contribution in [1.82, 2.24) is 4.98 Å². The Balaban J connectivity index is 2.05. The highest BCUT2D eigenvalue weighted by Crippen LogP contribution is 2.41. The van der Waals surface area contributed by atoms with Gasteiger partial charge in [0.15, 0.2) is 0 Å². The molecule has 0 spiro atoms. The Morgan fingerprint density at radius 1 is 1.52 bits per heavy atom. The fourth-order valence-electron chi connectivity index (χ4n) is 3.23. The van der Waals surface area contributed by atoms with Gasteiger partial charge in [0.05, 0.1) is 5.69 Å². The number of fused-ring (bicyclic) bond motifs is 2. The molecule has 0 saturated carbocycles. The first-order chi connectivity index (χ1) is 9.96. The number of anilines is 1. The number of hydrogen-bond acceptors (Lipinski definition) is 4. The maximum Gasteiger partial charge on any atom is 0.130 e. The molecule has 0 radical (unpaired) electrons. The Morgan fingerprint density at radius 3 is 2.95 bits per heavy atom. The molecule has 3 rings (SSSR count). The molecule has 2 aromatic heterocycles. The Hall–Kier alpha value is -1.60. The first kappa shape index (κ1) is 14.3. The number of aromatic nitrogens is 1. The van der Waals surface area contributed by atoms with Gasteiger partial charge in [-0.1, -0.05) is 27.2 Å². The molecule has 21 heavy (non-hydrogen) atoms. The molecule has 0 saturated heterocycles. The van der Waals surface area contributed by atoms with Crippen LogP contribution in [0.15, 0.2) is 6.07 Å². The second-order valence-corrected chi connectivity index (χ2v) is 7.68. The number of pyridine rings is 1.